The molecule has 2 rings (SSSR count). The molecule has 1 amide bonds. The number of aromatic amines is 1. The molecule has 2 aromatic rings. The van der Waals surface area contributed by atoms with Crippen LogP contribution in [0.3, 0.4) is 0 Å². The van der Waals surface area contributed by atoms with Crippen molar-refractivity contribution in [3.8, 4) is 0 Å². The van der Waals surface area contributed by atoms with E-state index in [1.807, 2.05) is 0 Å². The van der Waals surface area contributed by atoms with Gasteiger partial charge in [-0.15, -0.1) is 13.2 Å². The van der Waals surface area contributed by atoms with Gasteiger partial charge in [-0.05, 0) is 0 Å². The van der Waals surface area contributed by atoms with Crippen LogP contribution in [0.2, 0.25) is 0 Å². The number of thioether (sulfide) groups is 1. The average molecular weight is 323 g/mol. The molecule has 0 spiro atoms. The first-order valence-corrected chi connectivity index (χ1v) is 7.51. The molecule has 7 heteroatoms. The van der Waals surface area contributed by atoms with Crippen molar-refractivity contribution in [2.45, 2.75) is 5.16 Å². The second-order valence-corrected chi connectivity index (χ2v) is 5.45. The summed E-state index contributed by atoms with van der Waals surface area (Å²) in [6, 6.07) is 2.07. The molecule has 116 valence electrons. The standard InChI is InChI=1S/C15H15F2N3OS/c1-3-5-20(6-4-2)14(21)9-22-15-18-12-7-10(16)11(17)8-13(12)19-15/h3-4,7-8H,1-2,5-6,9H2,(H,18,19). The third-order valence-electron chi connectivity index (χ3n) is 2.89. The highest BCUT2D eigenvalue weighted by Crippen LogP contribution is 2.22. The molecule has 22 heavy (non-hydrogen) atoms. The summed E-state index contributed by atoms with van der Waals surface area (Å²) in [4.78, 5) is 20.6. The first-order chi connectivity index (χ1) is 10.5. The summed E-state index contributed by atoms with van der Waals surface area (Å²) in [6.45, 7) is 8.07. The highest BCUT2D eigenvalue weighted by atomic mass is 32.2. The second-order valence-electron chi connectivity index (χ2n) is 4.49. The van der Waals surface area contributed by atoms with E-state index in [0.29, 0.717) is 29.3 Å². The molecule has 0 unspecified atom stereocenters. The molecule has 1 heterocycles. The van der Waals surface area contributed by atoms with Crippen LogP contribution in [0.4, 0.5) is 8.78 Å². The van der Waals surface area contributed by atoms with Gasteiger partial charge in [0.15, 0.2) is 16.8 Å². The summed E-state index contributed by atoms with van der Waals surface area (Å²) in [6.07, 6.45) is 3.28. The Balaban J connectivity index is 2.06. The fourth-order valence-electron chi connectivity index (χ4n) is 1.86. The fourth-order valence-corrected chi connectivity index (χ4v) is 2.65. The number of halogens is 2. The number of hydrogen-bond donors (Lipinski definition) is 1. The largest absolute Gasteiger partial charge is 0.335 e. The summed E-state index contributed by atoms with van der Waals surface area (Å²) in [5.74, 6) is -1.82. The van der Waals surface area contributed by atoms with Crippen LogP contribution in [0.1, 0.15) is 0 Å². The van der Waals surface area contributed by atoms with Crippen molar-refractivity contribution >= 4 is 28.7 Å². The Hall–Kier alpha value is -2.15. The predicted octanol–water partition coefficient (Wildman–Crippen LogP) is 3.13. The van der Waals surface area contributed by atoms with Crippen molar-refractivity contribution in [2.75, 3.05) is 18.8 Å². The van der Waals surface area contributed by atoms with Gasteiger partial charge in [0.1, 0.15) is 0 Å². The SMILES string of the molecule is C=CCN(CC=C)C(=O)CSc1nc2cc(F)c(F)cc2[nH]1. The van der Waals surface area contributed by atoms with E-state index >= 15 is 0 Å². The zero-order valence-corrected chi connectivity index (χ0v) is 12.6. The first-order valence-electron chi connectivity index (χ1n) is 6.52. The van der Waals surface area contributed by atoms with E-state index in [2.05, 4.69) is 23.1 Å². The van der Waals surface area contributed by atoms with Gasteiger partial charge in [0.05, 0.1) is 16.8 Å². The van der Waals surface area contributed by atoms with E-state index in [1.165, 1.54) is 11.8 Å². The summed E-state index contributed by atoms with van der Waals surface area (Å²) in [5.41, 5.74) is 0.714. The number of carbonyl (C=O) groups excluding carboxylic acids is 1. The Kier molecular flexibility index (Phi) is 5.32. The Morgan fingerprint density at radius 2 is 1.91 bits per heavy atom. The van der Waals surface area contributed by atoms with Crippen molar-refractivity contribution in [2.24, 2.45) is 0 Å². The smallest absolute Gasteiger partial charge is 0.233 e. The van der Waals surface area contributed by atoms with Crippen LogP contribution in [-0.4, -0.2) is 39.6 Å². The van der Waals surface area contributed by atoms with Gasteiger partial charge in [0.2, 0.25) is 5.91 Å². The Bertz CT molecular complexity index is 665. The number of aromatic nitrogens is 2. The van der Waals surface area contributed by atoms with Crippen LogP contribution >= 0.6 is 11.8 Å². The topological polar surface area (TPSA) is 49.0 Å². The average Bonchev–Trinajstić information content (AvgIpc) is 2.87. The number of carbonyl (C=O) groups is 1. The minimum Gasteiger partial charge on any atom is -0.335 e. The molecule has 0 bridgehead atoms. The number of H-pyrrole nitrogens is 1. The van der Waals surface area contributed by atoms with Crippen molar-refractivity contribution in [1.82, 2.24) is 14.9 Å². The summed E-state index contributed by atoms with van der Waals surface area (Å²) in [5, 5.41) is 0.436. The summed E-state index contributed by atoms with van der Waals surface area (Å²) >= 11 is 1.17. The lowest BCUT2D eigenvalue weighted by atomic mass is 10.3. The molecule has 1 aromatic carbocycles. The van der Waals surface area contributed by atoms with Crippen LogP contribution in [0.25, 0.3) is 11.0 Å². The molecule has 4 nitrogen and oxygen atoms in total. The van der Waals surface area contributed by atoms with Crippen LogP contribution in [0.5, 0.6) is 0 Å². The van der Waals surface area contributed by atoms with Crippen LogP contribution in [0.15, 0.2) is 42.6 Å². The maximum absolute atomic E-state index is 13.1. The van der Waals surface area contributed by atoms with E-state index in [-0.39, 0.29) is 11.7 Å². The molecule has 0 aliphatic rings. The van der Waals surface area contributed by atoms with Crippen LogP contribution in [0, 0.1) is 11.6 Å². The van der Waals surface area contributed by atoms with Crippen molar-refractivity contribution < 1.29 is 13.6 Å². The van der Waals surface area contributed by atoms with E-state index in [9.17, 15) is 13.6 Å². The maximum Gasteiger partial charge on any atom is 0.233 e. The third-order valence-corrected chi connectivity index (χ3v) is 3.74. The molecular weight excluding hydrogens is 308 g/mol. The van der Waals surface area contributed by atoms with E-state index < -0.39 is 11.6 Å². The van der Waals surface area contributed by atoms with Gasteiger partial charge in [-0.2, -0.15) is 0 Å². The van der Waals surface area contributed by atoms with Crippen LogP contribution < -0.4 is 0 Å². The molecule has 0 aliphatic heterocycles. The number of rotatable bonds is 7. The molecule has 0 radical (unpaired) electrons. The summed E-state index contributed by atoms with van der Waals surface area (Å²) in [7, 11) is 0. The van der Waals surface area contributed by atoms with E-state index in [0.717, 1.165) is 12.1 Å². The predicted molar refractivity (Wildman–Crippen MR) is 83.7 cm³/mol. The number of benzene rings is 1. The molecule has 0 fully saturated rings. The van der Waals surface area contributed by atoms with Crippen molar-refractivity contribution in [3.63, 3.8) is 0 Å². The molecule has 0 aliphatic carbocycles. The third kappa shape index (κ3) is 3.73. The fraction of sp³-hybridized carbons (Fsp3) is 0.200. The Labute approximate surface area is 130 Å². The molecule has 0 atom stereocenters. The second kappa shape index (κ2) is 7.22. The Morgan fingerprint density at radius 1 is 1.27 bits per heavy atom. The van der Waals surface area contributed by atoms with Crippen molar-refractivity contribution in [1.29, 1.82) is 0 Å². The van der Waals surface area contributed by atoms with E-state index in [4.69, 9.17) is 0 Å². The normalized spacial score (nSPS) is 10.6. The quantitative estimate of drug-likeness (QED) is 0.629. The minimum atomic E-state index is -0.949. The lowest BCUT2D eigenvalue weighted by Gasteiger charge is -2.18. The zero-order chi connectivity index (χ0) is 16.1. The number of hydrogen-bond acceptors (Lipinski definition) is 3. The first kappa shape index (κ1) is 16.2. The summed E-state index contributed by atoms with van der Waals surface area (Å²) < 4.78 is 26.3. The number of nitrogens with one attached hydrogen (secondary N) is 1. The van der Waals surface area contributed by atoms with Crippen LogP contribution in [-0.2, 0) is 4.79 Å². The van der Waals surface area contributed by atoms with Gasteiger partial charge >= 0.3 is 0 Å². The van der Waals surface area contributed by atoms with Gasteiger partial charge in [0.25, 0.3) is 0 Å². The molecule has 1 N–H and O–H groups in total. The van der Waals surface area contributed by atoms with Gasteiger partial charge in [-0.25, -0.2) is 13.8 Å². The lowest BCUT2D eigenvalue weighted by Crippen LogP contribution is -2.32. The highest BCUT2D eigenvalue weighted by molar-refractivity contribution is 7.99. The number of nitrogens with zero attached hydrogens (tertiary/aromatic N) is 2. The highest BCUT2D eigenvalue weighted by Gasteiger charge is 2.13. The minimum absolute atomic E-state index is 0.0948. The Morgan fingerprint density at radius 3 is 2.55 bits per heavy atom. The molecular formula is C15H15F2N3OS. The number of amides is 1. The monoisotopic (exact) mass is 323 g/mol. The molecule has 0 saturated heterocycles. The van der Waals surface area contributed by atoms with Crippen molar-refractivity contribution in [3.05, 3.63) is 49.1 Å². The van der Waals surface area contributed by atoms with Gasteiger partial charge in [-0.1, -0.05) is 23.9 Å². The van der Waals surface area contributed by atoms with Gasteiger partial charge in [0, 0.05) is 25.2 Å². The molecule has 0 saturated carbocycles. The molecule has 1 aromatic heterocycles. The maximum atomic E-state index is 13.1. The number of imidazole rings is 1. The van der Waals surface area contributed by atoms with Gasteiger partial charge in [-0.3, -0.25) is 4.79 Å². The van der Waals surface area contributed by atoms with Gasteiger partial charge < -0.3 is 9.88 Å². The zero-order valence-electron chi connectivity index (χ0n) is 11.8. The van der Waals surface area contributed by atoms with E-state index in [1.54, 1.807) is 17.1 Å². The lowest BCUT2D eigenvalue weighted by molar-refractivity contribution is -0.127. The number of fused-ring (bicyclic) bond motifs is 1.